The van der Waals surface area contributed by atoms with Crippen molar-refractivity contribution >= 4 is 41.1 Å². The zero-order chi connectivity index (χ0) is 21.3. The molecule has 0 bridgehead atoms. The number of halogens is 2. The summed E-state index contributed by atoms with van der Waals surface area (Å²) in [5.41, 5.74) is 1.17. The highest BCUT2D eigenvalue weighted by molar-refractivity contribution is 6.43. The molecule has 0 radical (unpaired) electrons. The summed E-state index contributed by atoms with van der Waals surface area (Å²) < 4.78 is 5.84. The summed E-state index contributed by atoms with van der Waals surface area (Å²) in [6, 6.07) is 10.2. The van der Waals surface area contributed by atoms with Crippen molar-refractivity contribution in [3.05, 3.63) is 62.9 Å². The first-order valence-electron chi connectivity index (χ1n) is 9.05. The normalized spacial score (nSPS) is 17.1. The van der Waals surface area contributed by atoms with Gasteiger partial charge in [0.05, 0.1) is 10.0 Å². The van der Waals surface area contributed by atoms with E-state index in [0.717, 1.165) is 4.90 Å². The second-order valence-corrected chi connectivity index (χ2v) is 7.50. The summed E-state index contributed by atoms with van der Waals surface area (Å²) in [5.74, 6) is -0.119. The molecule has 2 aromatic rings. The molecule has 1 aromatic heterocycles. The Hall–Kier alpha value is -2.81. The van der Waals surface area contributed by atoms with E-state index in [1.165, 1.54) is 0 Å². The van der Waals surface area contributed by atoms with Crippen molar-refractivity contribution < 1.29 is 14.0 Å². The Morgan fingerprint density at radius 2 is 1.93 bits per heavy atom. The van der Waals surface area contributed by atoms with Crippen molar-refractivity contribution in [3.8, 4) is 17.4 Å². The fourth-order valence-corrected chi connectivity index (χ4v) is 3.49. The average molecular weight is 429 g/mol. The molecule has 2 amide bonds. The van der Waals surface area contributed by atoms with Gasteiger partial charge >= 0.3 is 0 Å². The van der Waals surface area contributed by atoms with Crippen LogP contribution in [0.2, 0.25) is 10.0 Å². The van der Waals surface area contributed by atoms with Crippen LogP contribution in [-0.2, 0) is 9.59 Å². The van der Waals surface area contributed by atoms with Crippen molar-refractivity contribution in [2.75, 3.05) is 0 Å². The van der Waals surface area contributed by atoms with E-state index < -0.39 is 11.8 Å². The van der Waals surface area contributed by atoms with Gasteiger partial charge in [0.1, 0.15) is 23.2 Å². The van der Waals surface area contributed by atoms with Crippen molar-refractivity contribution in [1.29, 1.82) is 5.26 Å². The van der Waals surface area contributed by atoms with E-state index in [1.54, 1.807) is 50.3 Å². The van der Waals surface area contributed by atoms with E-state index in [1.807, 2.05) is 13.0 Å². The minimum atomic E-state index is -0.563. The van der Waals surface area contributed by atoms with E-state index in [-0.39, 0.29) is 17.2 Å². The molecule has 2 heterocycles. The summed E-state index contributed by atoms with van der Waals surface area (Å²) in [6.45, 7) is 5.24. The predicted molar refractivity (Wildman–Crippen MR) is 112 cm³/mol. The van der Waals surface area contributed by atoms with E-state index in [4.69, 9.17) is 27.6 Å². The van der Waals surface area contributed by atoms with Crippen LogP contribution in [-0.4, -0.2) is 22.8 Å². The Morgan fingerprint density at radius 3 is 2.59 bits per heavy atom. The minimum Gasteiger partial charge on any atom is -0.457 e. The number of hydrogen-bond donors (Lipinski definition) is 0. The van der Waals surface area contributed by atoms with Gasteiger partial charge in [-0.3, -0.25) is 14.5 Å². The van der Waals surface area contributed by atoms with E-state index >= 15 is 0 Å². The zero-order valence-electron chi connectivity index (χ0n) is 16.1. The standard InChI is InChI=1S/C22H18Cl2N2O3/c1-4-12(2)26-21(27)16(13(3)17(11-25)22(26)28)10-14-8-9-19(29-14)15-6-5-7-18(23)20(15)24/h5-10,12H,4H2,1-3H3/b16-10+. The molecule has 1 unspecified atom stereocenters. The lowest BCUT2D eigenvalue weighted by molar-refractivity contribution is -0.142. The fraction of sp³-hybridized carbons (Fsp3) is 0.227. The van der Waals surface area contributed by atoms with Gasteiger partial charge in [-0.15, -0.1) is 0 Å². The lowest BCUT2D eigenvalue weighted by Crippen LogP contribution is -2.47. The second kappa shape index (κ2) is 8.28. The average Bonchev–Trinajstić information content (AvgIpc) is 3.16. The molecule has 7 heteroatoms. The summed E-state index contributed by atoms with van der Waals surface area (Å²) >= 11 is 12.3. The molecule has 148 valence electrons. The van der Waals surface area contributed by atoms with E-state index in [9.17, 15) is 14.9 Å². The van der Waals surface area contributed by atoms with Gasteiger partial charge in [0, 0.05) is 17.2 Å². The fourth-order valence-electron chi connectivity index (χ4n) is 3.09. The van der Waals surface area contributed by atoms with Crippen LogP contribution in [0, 0.1) is 11.3 Å². The summed E-state index contributed by atoms with van der Waals surface area (Å²) in [6.07, 6.45) is 2.12. The highest BCUT2D eigenvalue weighted by atomic mass is 35.5. The molecule has 29 heavy (non-hydrogen) atoms. The number of carbonyl (C=O) groups excluding carboxylic acids is 2. The molecule has 1 aliphatic rings. The lowest BCUT2D eigenvalue weighted by Gasteiger charge is -2.31. The summed E-state index contributed by atoms with van der Waals surface area (Å²) in [7, 11) is 0. The highest BCUT2D eigenvalue weighted by Crippen LogP contribution is 2.35. The number of amides is 2. The monoisotopic (exact) mass is 428 g/mol. The molecule has 0 saturated carbocycles. The Balaban J connectivity index is 2.07. The van der Waals surface area contributed by atoms with Gasteiger partial charge in [-0.05, 0) is 56.2 Å². The molecule has 5 nitrogen and oxygen atoms in total. The van der Waals surface area contributed by atoms with Crippen molar-refractivity contribution in [2.24, 2.45) is 0 Å². The van der Waals surface area contributed by atoms with Gasteiger partial charge in [0.25, 0.3) is 11.8 Å². The first-order valence-corrected chi connectivity index (χ1v) is 9.80. The number of nitriles is 1. The summed E-state index contributed by atoms with van der Waals surface area (Å²) in [5, 5.41) is 10.2. The molecule has 0 aliphatic carbocycles. The number of hydrogen-bond acceptors (Lipinski definition) is 4. The van der Waals surface area contributed by atoms with E-state index in [0.29, 0.717) is 39.1 Å². The molecule has 1 atom stereocenters. The van der Waals surface area contributed by atoms with Crippen LogP contribution in [0.3, 0.4) is 0 Å². The lowest BCUT2D eigenvalue weighted by atomic mass is 9.93. The first kappa shape index (κ1) is 20.9. The van der Waals surface area contributed by atoms with Gasteiger partial charge in [-0.1, -0.05) is 36.2 Å². The molecule has 3 rings (SSSR count). The molecule has 1 aromatic carbocycles. The smallest absolute Gasteiger partial charge is 0.271 e. The first-order chi connectivity index (χ1) is 13.8. The summed E-state index contributed by atoms with van der Waals surface area (Å²) in [4.78, 5) is 26.7. The molecule has 0 fully saturated rings. The topological polar surface area (TPSA) is 74.3 Å². The van der Waals surface area contributed by atoms with Crippen LogP contribution in [0.1, 0.15) is 33.0 Å². The van der Waals surface area contributed by atoms with Gasteiger partial charge in [-0.2, -0.15) is 5.26 Å². The number of benzene rings is 1. The Bertz CT molecular complexity index is 1110. The van der Waals surface area contributed by atoms with Crippen LogP contribution in [0.15, 0.2) is 51.5 Å². The molecule has 0 spiro atoms. The van der Waals surface area contributed by atoms with Gasteiger partial charge in [0.15, 0.2) is 0 Å². The Morgan fingerprint density at radius 1 is 1.21 bits per heavy atom. The molecular formula is C22H18Cl2N2O3. The van der Waals surface area contributed by atoms with Crippen molar-refractivity contribution in [2.45, 2.75) is 33.2 Å². The molecule has 0 saturated heterocycles. The third-order valence-corrected chi connectivity index (χ3v) is 5.75. The van der Waals surface area contributed by atoms with Crippen LogP contribution >= 0.6 is 23.2 Å². The molecule has 0 N–H and O–H groups in total. The van der Waals surface area contributed by atoms with Crippen molar-refractivity contribution in [3.63, 3.8) is 0 Å². The maximum Gasteiger partial charge on any atom is 0.271 e. The van der Waals surface area contributed by atoms with Gasteiger partial charge in [0.2, 0.25) is 0 Å². The van der Waals surface area contributed by atoms with Crippen LogP contribution < -0.4 is 0 Å². The maximum atomic E-state index is 13.0. The number of imide groups is 1. The maximum absolute atomic E-state index is 13.0. The van der Waals surface area contributed by atoms with Gasteiger partial charge < -0.3 is 4.42 Å². The van der Waals surface area contributed by atoms with Crippen LogP contribution in [0.25, 0.3) is 17.4 Å². The number of furan rings is 1. The number of rotatable bonds is 4. The second-order valence-electron chi connectivity index (χ2n) is 6.71. The SMILES string of the molecule is CCC(C)N1C(=O)C(C#N)=C(C)/C(=C\c2ccc(-c3cccc(Cl)c3Cl)o2)C1=O. The van der Waals surface area contributed by atoms with Crippen molar-refractivity contribution in [1.82, 2.24) is 4.90 Å². The highest BCUT2D eigenvalue weighted by Gasteiger charge is 2.37. The molecule has 1 aliphatic heterocycles. The Kier molecular flexibility index (Phi) is 5.97. The number of nitrogens with zero attached hydrogens (tertiary/aromatic N) is 2. The van der Waals surface area contributed by atoms with Gasteiger partial charge in [-0.25, -0.2) is 0 Å². The Labute approximate surface area is 178 Å². The third-order valence-electron chi connectivity index (χ3n) is 4.93. The number of carbonyl (C=O) groups is 2. The zero-order valence-corrected chi connectivity index (χ0v) is 17.6. The third kappa shape index (κ3) is 3.74. The quantitative estimate of drug-likeness (QED) is 0.465. The van der Waals surface area contributed by atoms with E-state index in [2.05, 4.69) is 0 Å². The minimum absolute atomic E-state index is 0.0409. The molecular weight excluding hydrogens is 411 g/mol. The van der Waals surface area contributed by atoms with Crippen LogP contribution in [0.4, 0.5) is 0 Å². The van der Waals surface area contributed by atoms with Crippen LogP contribution in [0.5, 0.6) is 0 Å². The largest absolute Gasteiger partial charge is 0.457 e. The predicted octanol–water partition coefficient (Wildman–Crippen LogP) is 5.64.